The second-order valence-electron chi connectivity index (χ2n) is 9.62. The fourth-order valence-corrected chi connectivity index (χ4v) is 5.03. The van der Waals surface area contributed by atoms with Gasteiger partial charge in [-0.2, -0.15) is 0 Å². The average Bonchev–Trinajstić information content (AvgIpc) is 3.44. The number of nitrogens with one attached hydrogen (secondary N) is 1. The molecule has 1 fully saturated rings. The van der Waals surface area contributed by atoms with E-state index in [0.717, 1.165) is 48.1 Å². The van der Waals surface area contributed by atoms with E-state index in [9.17, 15) is 9.59 Å². The van der Waals surface area contributed by atoms with Gasteiger partial charge in [0.15, 0.2) is 0 Å². The molecule has 0 aromatic heterocycles. The fraction of sp³-hybridized carbons (Fsp3) is 0.355. The Morgan fingerprint density at radius 3 is 2.11 bits per heavy atom. The maximum Gasteiger partial charge on any atom is 0.242 e. The van der Waals surface area contributed by atoms with Gasteiger partial charge in [0, 0.05) is 24.9 Å². The Labute approximate surface area is 214 Å². The van der Waals surface area contributed by atoms with E-state index in [4.69, 9.17) is 4.74 Å². The van der Waals surface area contributed by atoms with Crippen molar-refractivity contribution in [2.24, 2.45) is 0 Å². The van der Waals surface area contributed by atoms with Crippen molar-refractivity contribution in [1.29, 1.82) is 0 Å². The SMILES string of the molecule is COc1cccc(CN(C(=O)CC(c2ccccc2)c2ccccc2)C(C)C(=O)NC2CCCC2)c1. The maximum atomic E-state index is 14.0. The smallest absolute Gasteiger partial charge is 0.242 e. The molecule has 36 heavy (non-hydrogen) atoms. The van der Waals surface area contributed by atoms with Gasteiger partial charge in [-0.15, -0.1) is 0 Å². The molecule has 0 heterocycles. The minimum atomic E-state index is -0.587. The molecule has 1 saturated carbocycles. The third-order valence-corrected chi connectivity index (χ3v) is 7.14. The van der Waals surface area contributed by atoms with E-state index in [1.807, 2.05) is 67.6 Å². The topological polar surface area (TPSA) is 58.6 Å². The second kappa shape index (κ2) is 12.4. The Morgan fingerprint density at radius 2 is 1.53 bits per heavy atom. The normalized spacial score (nSPS) is 14.4. The van der Waals surface area contributed by atoms with Crippen LogP contribution in [0.15, 0.2) is 84.9 Å². The molecule has 0 radical (unpaired) electrons. The lowest BCUT2D eigenvalue weighted by atomic mass is 9.88. The number of methoxy groups -OCH3 is 1. The summed E-state index contributed by atoms with van der Waals surface area (Å²) in [7, 11) is 1.63. The highest BCUT2D eigenvalue weighted by atomic mass is 16.5. The second-order valence-corrected chi connectivity index (χ2v) is 9.62. The Bertz CT molecular complexity index is 1090. The molecule has 1 aliphatic rings. The third kappa shape index (κ3) is 6.54. The molecule has 3 aromatic carbocycles. The minimum absolute atomic E-state index is 0.0513. The quantitative estimate of drug-likeness (QED) is 0.402. The van der Waals surface area contributed by atoms with Crippen molar-refractivity contribution >= 4 is 11.8 Å². The first-order valence-corrected chi connectivity index (χ1v) is 12.9. The minimum Gasteiger partial charge on any atom is -0.497 e. The van der Waals surface area contributed by atoms with Crippen LogP contribution in [0.4, 0.5) is 0 Å². The standard InChI is InChI=1S/C31H36N2O3/c1-23(31(35)32-27-17-9-10-18-27)33(22-24-12-11-19-28(20-24)36-2)30(34)21-29(25-13-5-3-6-14-25)26-15-7-4-8-16-26/h3-8,11-16,19-20,23,27,29H,9-10,17-18,21-22H2,1-2H3,(H,32,35). The van der Waals surface area contributed by atoms with Gasteiger partial charge in [0.05, 0.1) is 7.11 Å². The van der Waals surface area contributed by atoms with Gasteiger partial charge in [-0.3, -0.25) is 9.59 Å². The van der Waals surface area contributed by atoms with E-state index in [2.05, 4.69) is 29.6 Å². The summed E-state index contributed by atoms with van der Waals surface area (Å²) in [6.45, 7) is 2.17. The first kappa shape index (κ1) is 25.5. The van der Waals surface area contributed by atoms with Gasteiger partial charge in [-0.25, -0.2) is 0 Å². The lowest BCUT2D eigenvalue weighted by Crippen LogP contribution is -2.49. The molecule has 1 atom stereocenters. The van der Waals surface area contributed by atoms with Crippen molar-refractivity contribution < 1.29 is 14.3 Å². The van der Waals surface area contributed by atoms with Crippen LogP contribution in [0.1, 0.15) is 61.6 Å². The van der Waals surface area contributed by atoms with E-state index in [1.54, 1.807) is 12.0 Å². The predicted octanol–water partition coefficient (Wildman–Crippen LogP) is 5.69. The summed E-state index contributed by atoms with van der Waals surface area (Å²) >= 11 is 0. The van der Waals surface area contributed by atoms with E-state index in [0.29, 0.717) is 6.54 Å². The molecule has 4 rings (SSSR count). The number of hydrogen-bond donors (Lipinski definition) is 1. The first-order chi connectivity index (χ1) is 17.5. The van der Waals surface area contributed by atoms with E-state index < -0.39 is 6.04 Å². The molecule has 1 unspecified atom stereocenters. The van der Waals surface area contributed by atoms with Gasteiger partial charge in [0.25, 0.3) is 0 Å². The van der Waals surface area contributed by atoms with Crippen molar-refractivity contribution in [2.75, 3.05) is 7.11 Å². The van der Waals surface area contributed by atoms with Gasteiger partial charge in [-0.1, -0.05) is 85.6 Å². The number of carbonyl (C=O) groups excluding carboxylic acids is 2. The fourth-order valence-electron chi connectivity index (χ4n) is 5.03. The summed E-state index contributed by atoms with van der Waals surface area (Å²) in [6.07, 6.45) is 4.57. The van der Waals surface area contributed by atoms with Crippen LogP contribution in [0.3, 0.4) is 0 Å². The zero-order valence-electron chi connectivity index (χ0n) is 21.2. The van der Waals surface area contributed by atoms with Gasteiger partial charge in [-0.05, 0) is 48.6 Å². The van der Waals surface area contributed by atoms with Gasteiger partial charge >= 0.3 is 0 Å². The van der Waals surface area contributed by atoms with Crippen LogP contribution in [-0.2, 0) is 16.1 Å². The lowest BCUT2D eigenvalue weighted by Gasteiger charge is -2.31. The Hall–Kier alpha value is -3.60. The molecule has 2 amide bonds. The molecular weight excluding hydrogens is 448 g/mol. The summed E-state index contributed by atoms with van der Waals surface area (Å²) in [4.78, 5) is 28.9. The van der Waals surface area contributed by atoms with Crippen molar-refractivity contribution in [3.05, 3.63) is 102 Å². The Kier molecular flexibility index (Phi) is 8.77. The molecule has 0 saturated heterocycles. The predicted molar refractivity (Wildman–Crippen MR) is 143 cm³/mol. The number of carbonyl (C=O) groups is 2. The van der Waals surface area contributed by atoms with Crippen LogP contribution in [0.2, 0.25) is 0 Å². The van der Waals surface area contributed by atoms with E-state index in [-0.39, 0.29) is 30.2 Å². The number of hydrogen-bond acceptors (Lipinski definition) is 3. The zero-order chi connectivity index (χ0) is 25.3. The maximum absolute atomic E-state index is 14.0. The summed E-state index contributed by atoms with van der Waals surface area (Å²) in [5, 5.41) is 3.18. The van der Waals surface area contributed by atoms with Crippen LogP contribution in [-0.4, -0.2) is 35.9 Å². The van der Waals surface area contributed by atoms with Crippen LogP contribution < -0.4 is 10.1 Å². The van der Waals surface area contributed by atoms with Crippen LogP contribution >= 0.6 is 0 Å². The van der Waals surface area contributed by atoms with Crippen LogP contribution in [0.25, 0.3) is 0 Å². The molecule has 0 aliphatic heterocycles. The molecule has 0 spiro atoms. The average molecular weight is 485 g/mol. The number of rotatable bonds is 10. The summed E-state index contributed by atoms with van der Waals surface area (Å²) in [6, 6.07) is 27.5. The highest BCUT2D eigenvalue weighted by Gasteiger charge is 2.30. The molecule has 5 heteroatoms. The Balaban J connectivity index is 1.60. The molecule has 188 valence electrons. The highest BCUT2D eigenvalue weighted by molar-refractivity contribution is 5.88. The van der Waals surface area contributed by atoms with Crippen molar-refractivity contribution in [1.82, 2.24) is 10.2 Å². The molecule has 1 N–H and O–H groups in total. The summed E-state index contributed by atoms with van der Waals surface area (Å²) < 4.78 is 5.39. The molecular formula is C31H36N2O3. The van der Waals surface area contributed by atoms with Crippen molar-refractivity contribution in [2.45, 2.75) is 63.6 Å². The number of nitrogens with zero attached hydrogens (tertiary/aromatic N) is 1. The first-order valence-electron chi connectivity index (χ1n) is 12.9. The zero-order valence-corrected chi connectivity index (χ0v) is 21.2. The van der Waals surface area contributed by atoms with E-state index in [1.165, 1.54) is 0 Å². The number of amides is 2. The lowest BCUT2D eigenvalue weighted by molar-refractivity contribution is -0.141. The largest absolute Gasteiger partial charge is 0.497 e. The third-order valence-electron chi connectivity index (χ3n) is 7.14. The monoisotopic (exact) mass is 484 g/mol. The van der Waals surface area contributed by atoms with Crippen LogP contribution in [0, 0.1) is 0 Å². The van der Waals surface area contributed by atoms with Gasteiger partial charge < -0.3 is 15.0 Å². The van der Waals surface area contributed by atoms with Gasteiger partial charge in [0.1, 0.15) is 11.8 Å². The molecule has 1 aliphatic carbocycles. The molecule has 0 bridgehead atoms. The molecule has 3 aromatic rings. The Morgan fingerprint density at radius 1 is 0.917 bits per heavy atom. The van der Waals surface area contributed by atoms with Crippen LogP contribution in [0.5, 0.6) is 5.75 Å². The molecule has 5 nitrogen and oxygen atoms in total. The summed E-state index contributed by atoms with van der Waals surface area (Å²) in [5.74, 6) is 0.492. The van der Waals surface area contributed by atoms with Crippen molar-refractivity contribution in [3.63, 3.8) is 0 Å². The van der Waals surface area contributed by atoms with Crippen molar-refractivity contribution in [3.8, 4) is 5.75 Å². The highest BCUT2D eigenvalue weighted by Crippen LogP contribution is 2.30. The van der Waals surface area contributed by atoms with E-state index >= 15 is 0 Å². The van der Waals surface area contributed by atoms with Gasteiger partial charge in [0.2, 0.25) is 11.8 Å². The number of benzene rings is 3. The summed E-state index contributed by atoms with van der Waals surface area (Å²) in [5.41, 5.74) is 3.10. The number of ether oxygens (including phenoxy) is 1.